The highest BCUT2D eigenvalue weighted by atomic mass is 28.3. The van der Waals surface area contributed by atoms with Gasteiger partial charge in [0, 0.05) is 0 Å². The molecule has 0 aromatic heterocycles. The lowest BCUT2D eigenvalue weighted by molar-refractivity contribution is 0.0396. The van der Waals surface area contributed by atoms with E-state index in [0.29, 0.717) is 0 Å². The van der Waals surface area contributed by atoms with E-state index in [4.69, 9.17) is 0 Å². The molecule has 3 aromatic rings. The van der Waals surface area contributed by atoms with Gasteiger partial charge in [0.2, 0.25) is 0 Å². The molecular weight excluding hydrogens is 629 g/mol. The molecule has 5 fully saturated rings. The molecule has 1 heteroatoms. The van der Waals surface area contributed by atoms with Crippen LogP contribution in [0.5, 0.6) is 0 Å². The predicted octanol–water partition coefficient (Wildman–Crippen LogP) is 14.3. The van der Waals surface area contributed by atoms with E-state index in [9.17, 15) is 0 Å². The maximum absolute atomic E-state index is 2.97. The molecule has 274 valence electrons. The first-order valence-electron chi connectivity index (χ1n) is 21.7. The van der Waals surface area contributed by atoms with Gasteiger partial charge in [-0.25, -0.2) is 0 Å². The van der Waals surface area contributed by atoms with Crippen molar-refractivity contribution in [3.63, 3.8) is 0 Å². The summed E-state index contributed by atoms with van der Waals surface area (Å²) in [6.07, 6.45) is 13.0. The fraction of sp³-hybridized carbons (Fsp3) is 0.640. The lowest BCUT2D eigenvalue weighted by Crippen LogP contribution is -2.51. The quantitative estimate of drug-likeness (QED) is 0.225. The van der Waals surface area contributed by atoms with Gasteiger partial charge in [0.25, 0.3) is 0 Å². The van der Waals surface area contributed by atoms with Gasteiger partial charge in [0.1, 0.15) is 0 Å². The number of benzene rings is 3. The zero-order chi connectivity index (χ0) is 35.7. The number of hydrogen-bond acceptors (Lipinski definition) is 0. The van der Waals surface area contributed by atoms with Gasteiger partial charge >= 0.3 is 0 Å². The summed E-state index contributed by atoms with van der Waals surface area (Å²) in [5, 5.41) is 0. The highest BCUT2D eigenvalue weighted by molar-refractivity contribution is 6.80. The number of fused-ring (bicyclic) bond motifs is 3. The fourth-order valence-electron chi connectivity index (χ4n) is 15.0. The zero-order valence-corrected chi connectivity index (χ0v) is 34.5. The van der Waals surface area contributed by atoms with Crippen LogP contribution in [0.15, 0.2) is 84.9 Å². The minimum absolute atomic E-state index is 0.216. The Labute approximate surface area is 314 Å². The van der Waals surface area contributed by atoms with E-state index in [0.717, 1.165) is 82.1 Å². The van der Waals surface area contributed by atoms with Crippen molar-refractivity contribution in [1.82, 2.24) is 0 Å². The Kier molecular flexibility index (Phi) is 9.81. The molecular formula is C50H70Si. The zero-order valence-electron chi connectivity index (χ0n) is 33.5. The van der Waals surface area contributed by atoms with Crippen LogP contribution >= 0.6 is 0 Å². The van der Waals surface area contributed by atoms with Crippen molar-refractivity contribution in [2.45, 2.75) is 147 Å². The second-order valence-electron chi connectivity index (χ2n) is 20.7. The van der Waals surface area contributed by atoms with E-state index in [-0.39, 0.29) is 5.41 Å². The molecule has 0 amide bonds. The summed E-state index contributed by atoms with van der Waals surface area (Å²) in [5.41, 5.74) is 8.57. The first-order valence-corrected chi connectivity index (χ1v) is 24.8. The topological polar surface area (TPSA) is 0 Å². The Morgan fingerprint density at radius 1 is 0.569 bits per heavy atom. The van der Waals surface area contributed by atoms with Crippen molar-refractivity contribution in [2.75, 3.05) is 0 Å². The smallest absolute Gasteiger partial charge is 0.0547 e. The lowest BCUT2D eigenvalue weighted by Gasteiger charge is -2.57. The molecule has 5 aliphatic rings. The van der Waals surface area contributed by atoms with Crippen molar-refractivity contribution in [1.29, 1.82) is 0 Å². The first kappa shape index (κ1) is 35.9. The highest BCUT2D eigenvalue weighted by Gasteiger charge is 2.64. The summed E-state index contributed by atoms with van der Waals surface area (Å²) in [6.45, 7) is 21.0. The molecule has 0 N–H and O–H groups in total. The Morgan fingerprint density at radius 3 is 1.73 bits per heavy atom. The van der Waals surface area contributed by atoms with Gasteiger partial charge in [-0.2, -0.15) is 0 Å². The van der Waals surface area contributed by atoms with Crippen molar-refractivity contribution >= 4 is 8.07 Å². The fourth-order valence-corrected chi connectivity index (χ4v) is 21.6. The van der Waals surface area contributed by atoms with Gasteiger partial charge in [0.05, 0.1) is 8.07 Å². The largest absolute Gasteiger partial charge is 0.0689 e. The summed E-state index contributed by atoms with van der Waals surface area (Å²) in [5.74, 6) is 9.81. The number of rotatable bonds is 6. The second-order valence-corrected chi connectivity index (χ2v) is 25.7. The van der Waals surface area contributed by atoms with E-state index < -0.39 is 8.07 Å². The van der Waals surface area contributed by atoms with Crippen molar-refractivity contribution in [3.8, 4) is 0 Å². The molecule has 0 radical (unpaired) electrons. The van der Waals surface area contributed by atoms with Crippen LogP contribution in [-0.2, 0) is 5.41 Å². The summed E-state index contributed by atoms with van der Waals surface area (Å²) in [6, 6.07) is 34.2. The third-order valence-electron chi connectivity index (χ3n) is 16.6. The molecule has 5 aliphatic carbocycles. The third kappa shape index (κ3) is 6.26. The highest BCUT2D eigenvalue weighted by Crippen LogP contribution is 2.72. The molecule has 8 rings (SSSR count). The average molecular weight is 699 g/mol. The summed E-state index contributed by atoms with van der Waals surface area (Å²) >= 11 is 0. The molecule has 0 saturated heterocycles. The Morgan fingerprint density at radius 2 is 1.14 bits per heavy atom. The van der Waals surface area contributed by atoms with Gasteiger partial charge in [0.15, 0.2) is 0 Å². The van der Waals surface area contributed by atoms with Crippen molar-refractivity contribution < 1.29 is 0 Å². The number of hydrogen-bond donors (Lipinski definition) is 0. The van der Waals surface area contributed by atoms with E-state index in [1.807, 2.05) is 0 Å². The molecule has 51 heavy (non-hydrogen) atoms. The minimum atomic E-state index is -1.77. The maximum Gasteiger partial charge on any atom is 0.0547 e. The van der Waals surface area contributed by atoms with Crippen LogP contribution in [0.4, 0.5) is 0 Å². The standard InChI is InChI=1S/C50H70Si/c1-32(2)42-31-43-38(34-26-28-37(29-27-34)50(4,5)6)24-17-25-41(43)49(42)51(7,8)48-33(3)30-44-45(35-18-11-9-12-19-35)39-22-15-16-23-40(39)46(47(44)48)36-20-13-10-14-21-36/h9-14,18-21,26-29,32-33,38-49H,15-17,22-25,30-31H2,1-8H3. The normalized spacial score (nSPS) is 38.3. The van der Waals surface area contributed by atoms with Gasteiger partial charge in [-0.3, -0.25) is 0 Å². The molecule has 0 bridgehead atoms. The SMILES string of the molecule is CC(C)C1CC2C(c3ccc(C(C)(C)C)cc3)CCCC2C1[Si](C)(C)C1C(C)CC2C(c3ccccc3)C3CCCCC3C(c3ccccc3)C21. The van der Waals surface area contributed by atoms with E-state index in [1.165, 1.54) is 63.4 Å². The van der Waals surface area contributed by atoms with Crippen LogP contribution in [0.3, 0.4) is 0 Å². The van der Waals surface area contributed by atoms with Crippen molar-refractivity contribution in [2.24, 2.45) is 53.3 Å². The predicted molar refractivity (Wildman–Crippen MR) is 221 cm³/mol. The average Bonchev–Trinajstić information content (AvgIpc) is 3.70. The molecule has 0 heterocycles. The summed E-state index contributed by atoms with van der Waals surface area (Å²) < 4.78 is 0. The van der Waals surface area contributed by atoms with Gasteiger partial charge in [-0.05, 0) is 142 Å². The van der Waals surface area contributed by atoms with Gasteiger partial charge in [-0.15, -0.1) is 0 Å². The summed E-state index contributed by atoms with van der Waals surface area (Å²) in [7, 11) is -1.77. The lowest BCUT2D eigenvalue weighted by atomic mass is 9.51. The molecule has 13 atom stereocenters. The molecule has 3 aromatic carbocycles. The van der Waals surface area contributed by atoms with Crippen LogP contribution in [0.25, 0.3) is 0 Å². The second kappa shape index (κ2) is 13.9. The molecule has 13 unspecified atom stereocenters. The first-order chi connectivity index (χ1) is 24.5. The van der Waals surface area contributed by atoms with Crippen LogP contribution in [0, 0.1) is 53.3 Å². The van der Waals surface area contributed by atoms with Gasteiger partial charge in [-0.1, -0.05) is 165 Å². The van der Waals surface area contributed by atoms with E-state index >= 15 is 0 Å². The molecule has 0 aliphatic heterocycles. The third-order valence-corrected chi connectivity index (χ3v) is 21.8. The molecule has 5 saturated carbocycles. The monoisotopic (exact) mass is 699 g/mol. The maximum atomic E-state index is 2.97. The molecule has 0 nitrogen and oxygen atoms in total. The Bertz CT molecular complexity index is 1600. The van der Waals surface area contributed by atoms with E-state index in [1.54, 1.807) is 16.7 Å². The Balaban J connectivity index is 1.20. The van der Waals surface area contributed by atoms with Crippen LogP contribution < -0.4 is 0 Å². The van der Waals surface area contributed by atoms with Crippen LogP contribution in [-0.4, -0.2) is 8.07 Å². The Hall–Kier alpha value is -2.12. The van der Waals surface area contributed by atoms with Gasteiger partial charge < -0.3 is 0 Å². The summed E-state index contributed by atoms with van der Waals surface area (Å²) in [4.78, 5) is 0. The van der Waals surface area contributed by atoms with E-state index in [2.05, 4.69) is 140 Å². The van der Waals surface area contributed by atoms with Crippen molar-refractivity contribution in [3.05, 3.63) is 107 Å². The molecule has 0 spiro atoms. The minimum Gasteiger partial charge on any atom is -0.0689 e. The van der Waals surface area contributed by atoms with Crippen LogP contribution in [0.1, 0.15) is 139 Å². The van der Waals surface area contributed by atoms with Crippen LogP contribution in [0.2, 0.25) is 24.2 Å².